The number of benzene rings is 1. The summed E-state index contributed by atoms with van der Waals surface area (Å²) >= 11 is 0. The molecule has 10 heteroatoms. The molecule has 7 N–H and O–H groups in total. The van der Waals surface area contributed by atoms with E-state index in [1.54, 1.807) is 20.0 Å². The van der Waals surface area contributed by atoms with Crippen LogP contribution < -0.4 is 21.7 Å². The standard InChI is InChI=1S/C24H35N5O5/c1-13(2)9-17(25)22(32)29-21(14(3)4)24(34)28-19(23(33)27-12-20(30)31)10-15-11-26-18-8-6-5-7-16(15)18/h5-8,11,13-14,17,19,21,26H,9-10,12,25H2,1-4H3,(H,27,33)(H,28,34)(H,29,32)(H,30,31). The molecule has 0 saturated heterocycles. The Morgan fingerprint density at radius 1 is 1.00 bits per heavy atom. The number of carbonyl (C=O) groups excluding carboxylic acids is 3. The number of carboxylic acid groups (broad SMARTS) is 1. The molecule has 2 rings (SSSR count). The molecule has 0 bridgehead atoms. The highest BCUT2D eigenvalue weighted by Crippen LogP contribution is 2.19. The van der Waals surface area contributed by atoms with Crippen LogP contribution in [0.3, 0.4) is 0 Å². The summed E-state index contributed by atoms with van der Waals surface area (Å²) in [4.78, 5) is 52.5. The van der Waals surface area contributed by atoms with Crippen molar-refractivity contribution in [1.29, 1.82) is 0 Å². The first-order valence-corrected chi connectivity index (χ1v) is 11.4. The number of nitrogens with two attached hydrogens (primary N) is 1. The number of carbonyl (C=O) groups is 4. The summed E-state index contributed by atoms with van der Waals surface area (Å²) in [5.41, 5.74) is 7.62. The number of H-pyrrole nitrogens is 1. The van der Waals surface area contributed by atoms with E-state index in [0.717, 1.165) is 16.5 Å². The SMILES string of the molecule is CC(C)CC(N)C(=O)NC(C(=O)NC(Cc1c[nH]c2ccccc12)C(=O)NCC(=O)O)C(C)C. The molecule has 1 heterocycles. The highest BCUT2D eigenvalue weighted by atomic mass is 16.4. The second kappa shape index (κ2) is 12.2. The van der Waals surface area contributed by atoms with Crippen LogP contribution in [0.2, 0.25) is 0 Å². The largest absolute Gasteiger partial charge is 0.480 e. The Morgan fingerprint density at radius 3 is 2.29 bits per heavy atom. The topological polar surface area (TPSA) is 166 Å². The van der Waals surface area contributed by atoms with Crippen molar-refractivity contribution in [3.05, 3.63) is 36.0 Å². The van der Waals surface area contributed by atoms with Crippen molar-refractivity contribution in [2.24, 2.45) is 17.6 Å². The lowest BCUT2D eigenvalue weighted by Gasteiger charge is -2.26. The third-order valence-corrected chi connectivity index (χ3v) is 5.45. The summed E-state index contributed by atoms with van der Waals surface area (Å²) in [6.45, 7) is 6.87. The predicted molar refractivity (Wildman–Crippen MR) is 129 cm³/mol. The molecular weight excluding hydrogens is 438 g/mol. The number of aromatic nitrogens is 1. The first kappa shape index (κ1) is 26.8. The van der Waals surface area contributed by atoms with Gasteiger partial charge in [0.15, 0.2) is 0 Å². The zero-order chi connectivity index (χ0) is 25.4. The molecular formula is C24H35N5O5. The van der Waals surface area contributed by atoms with E-state index in [2.05, 4.69) is 20.9 Å². The van der Waals surface area contributed by atoms with Gasteiger partial charge in [0.1, 0.15) is 18.6 Å². The van der Waals surface area contributed by atoms with Crippen molar-refractivity contribution < 1.29 is 24.3 Å². The lowest BCUT2D eigenvalue weighted by molar-refractivity contribution is -0.138. The fraction of sp³-hybridized carbons (Fsp3) is 0.500. The van der Waals surface area contributed by atoms with Gasteiger partial charge in [0.05, 0.1) is 6.04 Å². The van der Waals surface area contributed by atoms with E-state index < -0.39 is 48.4 Å². The number of nitrogens with one attached hydrogen (secondary N) is 4. The molecule has 3 unspecified atom stereocenters. The molecule has 0 aliphatic heterocycles. The molecule has 3 atom stereocenters. The number of hydrogen-bond acceptors (Lipinski definition) is 5. The Kier molecular flexibility index (Phi) is 9.61. The van der Waals surface area contributed by atoms with Crippen LogP contribution in [0.5, 0.6) is 0 Å². The van der Waals surface area contributed by atoms with Crippen molar-refractivity contribution in [2.45, 2.75) is 58.7 Å². The van der Waals surface area contributed by atoms with Crippen molar-refractivity contribution in [3.63, 3.8) is 0 Å². The number of aromatic amines is 1. The van der Waals surface area contributed by atoms with E-state index in [1.165, 1.54) is 0 Å². The van der Waals surface area contributed by atoms with Crippen LogP contribution in [0, 0.1) is 11.8 Å². The van der Waals surface area contributed by atoms with E-state index >= 15 is 0 Å². The van der Waals surface area contributed by atoms with E-state index in [0.29, 0.717) is 6.42 Å². The van der Waals surface area contributed by atoms with Crippen LogP contribution in [0.25, 0.3) is 10.9 Å². The number of amides is 3. The van der Waals surface area contributed by atoms with Gasteiger partial charge in [-0.15, -0.1) is 0 Å². The van der Waals surface area contributed by atoms with E-state index in [-0.39, 0.29) is 18.3 Å². The predicted octanol–water partition coefficient (Wildman–Crippen LogP) is 0.910. The highest BCUT2D eigenvalue weighted by molar-refractivity contribution is 5.94. The monoisotopic (exact) mass is 473 g/mol. The summed E-state index contributed by atoms with van der Waals surface area (Å²) in [6, 6.07) is 4.81. The Balaban J connectivity index is 2.21. The number of rotatable bonds is 12. The number of para-hydroxylation sites is 1. The van der Waals surface area contributed by atoms with Gasteiger partial charge in [-0.3, -0.25) is 19.2 Å². The van der Waals surface area contributed by atoms with Crippen LogP contribution in [0.4, 0.5) is 0 Å². The molecule has 186 valence electrons. The van der Waals surface area contributed by atoms with Crippen molar-refractivity contribution in [2.75, 3.05) is 6.54 Å². The van der Waals surface area contributed by atoms with Gasteiger partial charge in [-0.1, -0.05) is 45.9 Å². The fourth-order valence-corrected chi connectivity index (χ4v) is 3.69. The third-order valence-electron chi connectivity index (χ3n) is 5.45. The molecule has 0 fully saturated rings. The van der Waals surface area contributed by atoms with Crippen LogP contribution in [-0.2, 0) is 25.6 Å². The molecule has 1 aromatic heterocycles. The summed E-state index contributed by atoms with van der Waals surface area (Å²) < 4.78 is 0. The highest BCUT2D eigenvalue weighted by Gasteiger charge is 2.30. The van der Waals surface area contributed by atoms with E-state index in [4.69, 9.17) is 10.8 Å². The van der Waals surface area contributed by atoms with Gasteiger partial charge in [0.25, 0.3) is 0 Å². The molecule has 0 aliphatic rings. The molecule has 0 spiro atoms. The average molecular weight is 474 g/mol. The molecule has 0 radical (unpaired) electrons. The van der Waals surface area contributed by atoms with Gasteiger partial charge in [0.2, 0.25) is 17.7 Å². The minimum absolute atomic E-state index is 0.132. The van der Waals surface area contributed by atoms with Crippen molar-refractivity contribution in [3.8, 4) is 0 Å². The summed E-state index contributed by atoms with van der Waals surface area (Å²) in [5, 5.41) is 17.5. The van der Waals surface area contributed by atoms with E-state index in [9.17, 15) is 19.2 Å². The van der Waals surface area contributed by atoms with Gasteiger partial charge in [0, 0.05) is 23.5 Å². The molecule has 34 heavy (non-hydrogen) atoms. The normalized spacial score (nSPS) is 14.0. The van der Waals surface area contributed by atoms with Gasteiger partial charge in [-0.05, 0) is 29.9 Å². The minimum atomic E-state index is -1.20. The second-order valence-corrected chi connectivity index (χ2v) is 9.20. The average Bonchev–Trinajstić information content (AvgIpc) is 3.17. The Labute approximate surface area is 199 Å². The smallest absolute Gasteiger partial charge is 0.322 e. The van der Waals surface area contributed by atoms with Crippen LogP contribution in [0.1, 0.15) is 39.7 Å². The molecule has 1 aromatic carbocycles. The van der Waals surface area contributed by atoms with Gasteiger partial charge < -0.3 is 31.8 Å². The van der Waals surface area contributed by atoms with Crippen LogP contribution in [0.15, 0.2) is 30.5 Å². The summed E-state index contributed by atoms with van der Waals surface area (Å²) in [5.74, 6) is -2.87. The molecule has 0 saturated carbocycles. The maximum absolute atomic E-state index is 13.1. The summed E-state index contributed by atoms with van der Waals surface area (Å²) in [6.07, 6.45) is 2.35. The summed E-state index contributed by atoms with van der Waals surface area (Å²) in [7, 11) is 0. The number of fused-ring (bicyclic) bond motifs is 1. The van der Waals surface area contributed by atoms with Crippen molar-refractivity contribution >= 4 is 34.6 Å². The zero-order valence-electron chi connectivity index (χ0n) is 20.1. The first-order valence-electron chi connectivity index (χ1n) is 11.4. The van der Waals surface area contributed by atoms with Crippen LogP contribution in [-0.4, -0.2) is 58.5 Å². The lowest BCUT2D eigenvalue weighted by Crippen LogP contribution is -2.58. The Bertz CT molecular complexity index is 1020. The van der Waals surface area contributed by atoms with Crippen LogP contribution >= 0.6 is 0 Å². The maximum atomic E-state index is 13.1. The number of hydrogen-bond donors (Lipinski definition) is 6. The number of aliphatic carboxylic acids is 1. The molecule has 2 aromatic rings. The zero-order valence-corrected chi connectivity index (χ0v) is 20.1. The fourth-order valence-electron chi connectivity index (χ4n) is 3.69. The molecule has 3 amide bonds. The van der Waals surface area contributed by atoms with E-state index in [1.807, 2.05) is 38.1 Å². The first-order chi connectivity index (χ1) is 16.0. The van der Waals surface area contributed by atoms with Gasteiger partial charge in [-0.2, -0.15) is 0 Å². The quantitative estimate of drug-likeness (QED) is 0.268. The van der Waals surface area contributed by atoms with Gasteiger partial charge >= 0.3 is 5.97 Å². The van der Waals surface area contributed by atoms with Crippen molar-refractivity contribution in [1.82, 2.24) is 20.9 Å². The number of carboxylic acids is 1. The maximum Gasteiger partial charge on any atom is 0.322 e. The molecule has 0 aliphatic carbocycles. The van der Waals surface area contributed by atoms with Gasteiger partial charge in [-0.25, -0.2) is 0 Å². The Morgan fingerprint density at radius 2 is 1.68 bits per heavy atom. The minimum Gasteiger partial charge on any atom is -0.480 e. The molecule has 10 nitrogen and oxygen atoms in total. The second-order valence-electron chi connectivity index (χ2n) is 9.20. The third kappa shape index (κ3) is 7.58. The lowest BCUT2D eigenvalue weighted by atomic mass is 9.99. The Hall–Kier alpha value is -3.40.